The van der Waals surface area contributed by atoms with Gasteiger partial charge in [0.25, 0.3) is 0 Å². The van der Waals surface area contributed by atoms with Crippen LogP contribution in [0.3, 0.4) is 0 Å². The average Bonchev–Trinajstić information content (AvgIpc) is 1.68. The minimum Gasteiger partial charge on any atom is -0.505 e. The molecule has 3 N–H and O–H groups in total. The Labute approximate surface area is 42.2 Å². The first kappa shape index (κ1) is 6.01. The van der Waals surface area contributed by atoms with Gasteiger partial charge in [-0.25, -0.2) is 0 Å². The van der Waals surface area contributed by atoms with Gasteiger partial charge >= 0.3 is 0 Å². The van der Waals surface area contributed by atoms with Crippen LogP contribution >= 0.6 is 0 Å². The van der Waals surface area contributed by atoms with Gasteiger partial charge < -0.3 is 10.8 Å². The summed E-state index contributed by atoms with van der Waals surface area (Å²) in [6.07, 6.45) is 2.34. The average molecular weight is 100 g/mol. The van der Waals surface area contributed by atoms with Gasteiger partial charge in [0, 0.05) is 13.2 Å². The summed E-state index contributed by atoms with van der Waals surface area (Å²) in [4.78, 5) is 3.48. The first-order valence-corrected chi connectivity index (χ1v) is 1.84. The van der Waals surface area contributed by atoms with Crippen LogP contribution in [0.25, 0.3) is 0 Å². The van der Waals surface area contributed by atoms with Crippen molar-refractivity contribution in [3.8, 4) is 0 Å². The van der Waals surface area contributed by atoms with Crippen LogP contribution in [0.15, 0.2) is 17.0 Å². The molecular formula is C4H8N2O. The van der Waals surface area contributed by atoms with Gasteiger partial charge in [0.2, 0.25) is 0 Å². The molecule has 0 bridgehead atoms. The molecule has 3 heteroatoms. The second-order valence-electron chi connectivity index (χ2n) is 0.979. The molecule has 0 saturated heterocycles. The minimum atomic E-state index is -0.0116. The number of allylic oxidation sites excluding steroid dienone is 1. The molecule has 0 aliphatic carbocycles. The lowest BCUT2D eigenvalue weighted by Gasteiger charge is -1.80. The topological polar surface area (TPSA) is 58.6 Å². The number of hydrogen-bond donors (Lipinski definition) is 2. The predicted octanol–water partition coefficient (Wildman–Crippen LogP) is 0.0451. The fourth-order valence-electron chi connectivity index (χ4n) is 0.175. The lowest BCUT2D eigenvalue weighted by atomic mass is 10.6. The molecule has 0 spiro atoms. The van der Waals surface area contributed by atoms with E-state index in [1.54, 1.807) is 7.05 Å². The van der Waals surface area contributed by atoms with Crippen LogP contribution in [-0.2, 0) is 0 Å². The van der Waals surface area contributed by atoms with Crippen molar-refractivity contribution < 1.29 is 5.11 Å². The van der Waals surface area contributed by atoms with Crippen LogP contribution in [0.4, 0.5) is 0 Å². The lowest BCUT2D eigenvalue weighted by Crippen LogP contribution is -1.87. The molecule has 3 nitrogen and oxygen atoms in total. The highest BCUT2D eigenvalue weighted by molar-refractivity contribution is 5.74. The molecule has 0 aromatic rings. The van der Waals surface area contributed by atoms with E-state index < -0.39 is 0 Å². The fourth-order valence-corrected chi connectivity index (χ4v) is 0.175. The summed E-state index contributed by atoms with van der Waals surface area (Å²) in [5.74, 6) is -0.0116. The second kappa shape index (κ2) is 3.21. The van der Waals surface area contributed by atoms with E-state index in [2.05, 4.69) is 4.99 Å². The molecule has 0 rings (SSSR count). The van der Waals surface area contributed by atoms with Crippen LogP contribution < -0.4 is 5.73 Å². The van der Waals surface area contributed by atoms with Crippen molar-refractivity contribution >= 4 is 6.21 Å². The van der Waals surface area contributed by atoms with Gasteiger partial charge in [0.15, 0.2) is 0 Å². The van der Waals surface area contributed by atoms with E-state index in [0.717, 1.165) is 6.20 Å². The summed E-state index contributed by atoms with van der Waals surface area (Å²) in [6.45, 7) is 0. The number of rotatable bonds is 1. The summed E-state index contributed by atoms with van der Waals surface area (Å²) in [5.41, 5.74) is 4.85. The summed E-state index contributed by atoms with van der Waals surface area (Å²) in [5, 5.41) is 8.44. The summed E-state index contributed by atoms with van der Waals surface area (Å²) in [7, 11) is 1.56. The molecule has 0 unspecified atom stereocenters. The fraction of sp³-hybridized carbons (Fsp3) is 0.250. The zero-order valence-corrected chi connectivity index (χ0v) is 4.13. The standard InChI is InChI=1S/C4H8N2O/c1-6-3-4(7)2-5/h2-3,7H,5H2,1H3/b4-2+,6-3?. The van der Waals surface area contributed by atoms with Gasteiger partial charge in [-0.2, -0.15) is 0 Å². The predicted molar refractivity (Wildman–Crippen MR) is 29.3 cm³/mol. The van der Waals surface area contributed by atoms with Gasteiger partial charge in [-0.3, -0.25) is 4.99 Å². The molecule has 0 aliphatic heterocycles. The molecule has 0 amide bonds. The van der Waals surface area contributed by atoms with E-state index in [-0.39, 0.29) is 5.76 Å². The molecule has 0 aliphatic rings. The van der Waals surface area contributed by atoms with Crippen molar-refractivity contribution in [3.05, 3.63) is 12.0 Å². The largest absolute Gasteiger partial charge is 0.505 e. The van der Waals surface area contributed by atoms with E-state index in [9.17, 15) is 0 Å². The smallest absolute Gasteiger partial charge is 0.148 e. The van der Waals surface area contributed by atoms with Crippen LogP contribution in [-0.4, -0.2) is 18.4 Å². The van der Waals surface area contributed by atoms with E-state index >= 15 is 0 Å². The van der Waals surface area contributed by atoms with Crippen molar-refractivity contribution in [2.45, 2.75) is 0 Å². The highest BCUT2D eigenvalue weighted by Crippen LogP contribution is 1.73. The highest BCUT2D eigenvalue weighted by atomic mass is 16.3. The molecule has 0 fully saturated rings. The maximum Gasteiger partial charge on any atom is 0.148 e. The van der Waals surface area contributed by atoms with Gasteiger partial charge in [-0.05, 0) is 0 Å². The van der Waals surface area contributed by atoms with Crippen LogP contribution in [0, 0.1) is 0 Å². The quantitative estimate of drug-likeness (QED) is 0.361. The van der Waals surface area contributed by atoms with Crippen molar-refractivity contribution in [2.75, 3.05) is 7.05 Å². The van der Waals surface area contributed by atoms with Crippen LogP contribution in [0.5, 0.6) is 0 Å². The molecule has 0 aromatic heterocycles. The molecule has 0 radical (unpaired) electrons. The number of aliphatic hydroxyl groups is 1. The van der Waals surface area contributed by atoms with E-state index in [1.165, 1.54) is 6.21 Å². The number of nitrogens with two attached hydrogens (primary N) is 1. The van der Waals surface area contributed by atoms with Crippen molar-refractivity contribution in [1.82, 2.24) is 0 Å². The Bertz CT molecular complexity index is 95.9. The van der Waals surface area contributed by atoms with Gasteiger partial charge in [-0.15, -0.1) is 0 Å². The van der Waals surface area contributed by atoms with Gasteiger partial charge in [0.05, 0.1) is 6.21 Å². The zero-order chi connectivity index (χ0) is 5.70. The molecule has 0 aromatic carbocycles. The normalized spacial score (nSPS) is 13.0. The van der Waals surface area contributed by atoms with Gasteiger partial charge in [0.1, 0.15) is 5.76 Å². The highest BCUT2D eigenvalue weighted by Gasteiger charge is 1.75. The number of aliphatic imine (C=N–C) groups is 1. The SMILES string of the molecule is CN=C/C(O)=C\N. The Kier molecular flexibility index (Phi) is 2.76. The van der Waals surface area contributed by atoms with E-state index in [4.69, 9.17) is 10.8 Å². The van der Waals surface area contributed by atoms with Crippen molar-refractivity contribution in [3.63, 3.8) is 0 Å². The summed E-state index contributed by atoms with van der Waals surface area (Å²) < 4.78 is 0. The summed E-state index contributed by atoms with van der Waals surface area (Å²) >= 11 is 0. The first-order valence-electron chi connectivity index (χ1n) is 1.84. The Morgan fingerprint density at radius 1 is 1.86 bits per heavy atom. The third kappa shape index (κ3) is 2.82. The Morgan fingerprint density at radius 3 is 2.57 bits per heavy atom. The van der Waals surface area contributed by atoms with E-state index in [1.807, 2.05) is 0 Å². The molecule has 40 valence electrons. The molecular weight excluding hydrogens is 92.1 g/mol. The molecule has 0 atom stereocenters. The maximum absolute atomic E-state index is 8.44. The maximum atomic E-state index is 8.44. The second-order valence-corrected chi connectivity index (χ2v) is 0.979. The third-order valence-electron chi connectivity index (χ3n) is 0.432. The van der Waals surface area contributed by atoms with E-state index in [0.29, 0.717) is 0 Å². The summed E-state index contributed by atoms with van der Waals surface area (Å²) in [6, 6.07) is 0. The van der Waals surface area contributed by atoms with Crippen LogP contribution in [0.1, 0.15) is 0 Å². The first-order chi connectivity index (χ1) is 3.31. The van der Waals surface area contributed by atoms with Crippen molar-refractivity contribution in [1.29, 1.82) is 0 Å². The van der Waals surface area contributed by atoms with Gasteiger partial charge in [-0.1, -0.05) is 0 Å². The molecule has 0 saturated carbocycles. The molecule has 0 heterocycles. The number of aliphatic hydroxyl groups excluding tert-OH is 1. The molecule has 7 heavy (non-hydrogen) atoms. The lowest BCUT2D eigenvalue weighted by molar-refractivity contribution is 0.444. The number of hydrogen-bond acceptors (Lipinski definition) is 3. The number of nitrogens with zero attached hydrogens (tertiary/aromatic N) is 1. The minimum absolute atomic E-state index is 0.0116. The van der Waals surface area contributed by atoms with Crippen molar-refractivity contribution in [2.24, 2.45) is 10.7 Å². The zero-order valence-electron chi connectivity index (χ0n) is 4.13. The Hall–Kier alpha value is -0.990. The third-order valence-corrected chi connectivity index (χ3v) is 0.432. The monoisotopic (exact) mass is 100 g/mol. The Balaban J connectivity index is 3.58. The van der Waals surface area contributed by atoms with Crippen LogP contribution in [0.2, 0.25) is 0 Å². The Morgan fingerprint density at radius 2 is 2.43 bits per heavy atom.